The van der Waals surface area contributed by atoms with Gasteiger partial charge in [-0.1, -0.05) is 35.5 Å². The van der Waals surface area contributed by atoms with E-state index in [2.05, 4.69) is 20.1 Å². The lowest BCUT2D eigenvalue weighted by Crippen LogP contribution is -2.15. The van der Waals surface area contributed by atoms with Gasteiger partial charge >= 0.3 is 0 Å². The smallest absolute Gasteiger partial charge is 0.234 e. The van der Waals surface area contributed by atoms with Crippen LogP contribution in [0.5, 0.6) is 11.5 Å². The Morgan fingerprint density at radius 2 is 1.97 bits per heavy atom. The van der Waals surface area contributed by atoms with Crippen molar-refractivity contribution < 1.29 is 14.3 Å². The second-order valence-electron chi connectivity index (χ2n) is 6.78. The number of amides is 1. The first-order valence-corrected chi connectivity index (χ1v) is 10.9. The van der Waals surface area contributed by atoms with Gasteiger partial charge in [0.2, 0.25) is 5.91 Å². The molecule has 0 unspecified atom stereocenters. The lowest BCUT2D eigenvalue weighted by atomic mass is 10.3. The fraction of sp³-hybridized carbons (Fsp3) is 0.286. The van der Waals surface area contributed by atoms with Crippen LogP contribution in [0.1, 0.15) is 24.7 Å². The number of anilines is 1. The number of benzene rings is 2. The molecule has 0 radical (unpaired) electrons. The van der Waals surface area contributed by atoms with Gasteiger partial charge in [0.25, 0.3) is 0 Å². The molecule has 0 spiro atoms. The molecular weight excluding hydrogens is 424 g/mol. The van der Waals surface area contributed by atoms with Crippen molar-refractivity contribution in [3.8, 4) is 11.5 Å². The number of aromatic nitrogens is 3. The molecule has 1 fully saturated rings. The van der Waals surface area contributed by atoms with Crippen molar-refractivity contribution in [1.29, 1.82) is 0 Å². The number of carbonyl (C=O) groups is 1. The zero-order chi connectivity index (χ0) is 20.9. The number of para-hydroxylation sites is 1. The maximum absolute atomic E-state index is 12.3. The van der Waals surface area contributed by atoms with E-state index < -0.39 is 0 Å². The number of rotatable bonds is 9. The third kappa shape index (κ3) is 5.06. The minimum atomic E-state index is -0.107. The first-order chi connectivity index (χ1) is 14.6. The van der Waals surface area contributed by atoms with E-state index in [1.165, 1.54) is 11.8 Å². The van der Waals surface area contributed by atoms with Crippen LogP contribution >= 0.6 is 23.4 Å². The highest BCUT2D eigenvalue weighted by Gasteiger charge is 2.30. The maximum atomic E-state index is 12.3. The third-order valence-corrected chi connectivity index (χ3v) is 5.80. The monoisotopic (exact) mass is 444 g/mol. The fourth-order valence-corrected chi connectivity index (χ4v) is 3.92. The maximum Gasteiger partial charge on any atom is 0.234 e. The molecule has 1 aliphatic rings. The van der Waals surface area contributed by atoms with Gasteiger partial charge in [0, 0.05) is 11.7 Å². The Bertz CT molecular complexity index is 1020. The molecule has 3 aromatic rings. The summed E-state index contributed by atoms with van der Waals surface area (Å²) in [6, 6.07) is 14.9. The standard InChI is InChI=1S/C21H21ClN4O3S/c1-28-16-10-6-14(7-11-16)23-20(27)13-30-21-25-24-19(26(21)15-8-9-15)12-29-18-5-3-2-4-17(18)22/h2-7,10-11,15H,8-9,12-13H2,1H3,(H,23,27). The van der Waals surface area contributed by atoms with Gasteiger partial charge in [0.05, 0.1) is 17.9 Å². The van der Waals surface area contributed by atoms with Crippen molar-refractivity contribution >= 4 is 35.0 Å². The summed E-state index contributed by atoms with van der Waals surface area (Å²) >= 11 is 7.52. The average molecular weight is 445 g/mol. The Balaban J connectivity index is 1.37. The Kier molecular flexibility index (Phi) is 6.44. The van der Waals surface area contributed by atoms with E-state index in [0.717, 1.165) is 35.3 Å². The van der Waals surface area contributed by atoms with Crippen LogP contribution in [0, 0.1) is 0 Å². The summed E-state index contributed by atoms with van der Waals surface area (Å²) in [4.78, 5) is 12.3. The van der Waals surface area contributed by atoms with Crippen LogP contribution in [0.3, 0.4) is 0 Å². The number of ether oxygens (including phenoxy) is 2. The number of methoxy groups -OCH3 is 1. The molecule has 0 aliphatic heterocycles. The van der Waals surface area contributed by atoms with Gasteiger partial charge in [-0.3, -0.25) is 9.36 Å². The van der Waals surface area contributed by atoms with Crippen molar-refractivity contribution in [2.75, 3.05) is 18.2 Å². The van der Waals surface area contributed by atoms with Crippen LogP contribution in [0.2, 0.25) is 5.02 Å². The molecular formula is C21H21ClN4O3S. The molecule has 1 N–H and O–H groups in total. The Hall–Kier alpha value is -2.71. The molecule has 1 amide bonds. The van der Waals surface area contributed by atoms with Gasteiger partial charge < -0.3 is 14.8 Å². The van der Waals surface area contributed by atoms with Crippen molar-refractivity contribution in [3.63, 3.8) is 0 Å². The van der Waals surface area contributed by atoms with Crippen LogP contribution in [-0.2, 0) is 11.4 Å². The summed E-state index contributed by atoms with van der Waals surface area (Å²) in [6.07, 6.45) is 2.14. The number of thioether (sulfide) groups is 1. The minimum Gasteiger partial charge on any atom is -0.497 e. The molecule has 1 heterocycles. The number of halogens is 1. The van der Waals surface area contributed by atoms with Gasteiger partial charge in [0.1, 0.15) is 18.1 Å². The number of hydrogen-bond acceptors (Lipinski definition) is 6. The number of hydrogen-bond donors (Lipinski definition) is 1. The van der Waals surface area contributed by atoms with E-state index in [1.807, 2.05) is 18.2 Å². The predicted octanol–water partition coefficient (Wildman–Crippen LogP) is 4.58. The zero-order valence-corrected chi connectivity index (χ0v) is 17.9. The Labute approximate surface area is 183 Å². The zero-order valence-electron chi connectivity index (χ0n) is 16.4. The molecule has 1 aromatic heterocycles. The van der Waals surface area contributed by atoms with Gasteiger partial charge in [-0.05, 0) is 49.2 Å². The quantitative estimate of drug-likeness (QED) is 0.486. The van der Waals surface area contributed by atoms with E-state index in [-0.39, 0.29) is 18.3 Å². The van der Waals surface area contributed by atoms with Gasteiger partial charge in [-0.25, -0.2) is 0 Å². The fourth-order valence-electron chi connectivity index (χ4n) is 2.91. The van der Waals surface area contributed by atoms with Crippen LogP contribution in [-0.4, -0.2) is 33.5 Å². The molecule has 156 valence electrons. The summed E-state index contributed by atoms with van der Waals surface area (Å²) in [6.45, 7) is 0.270. The summed E-state index contributed by atoms with van der Waals surface area (Å²) < 4.78 is 13.0. The van der Waals surface area contributed by atoms with E-state index in [4.69, 9.17) is 21.1 Å². The van der Waals surface area contributed by atoms with E-state index >= 15 is 0 Å². The molecule has 0 bridgehead atoms. The molecule has 2 aromatic carbocycles. The van der Waals surface area contributed by atoms with Crippen molar-refractivity contribution in [2.45, 2.75) is 30.6 Å². The average Bonchev–Trinajstić information content (AvgIpc) is 3.52. The van der Waals surface area contributed by atoms with Crippen LogP contribution in [0.15, 0.2) is 53.7 Å². The van der Waals surface area contributed by atoms with Gasteiger partial charge in [0.15, 0.2) is 11.0 Å². The Morgan fingerprint density at radius 1 is 1.20 bits per heavy atom. The molecule has 9 heteroatoms. The lowest BCUT2D eigenvalue weighted by Gasteiger charge is -2.11. The summed E-state index contributed by atoms with van der Waals surface area (Å²) in [7, 11) is 1.61. The molecule has 0 saturated heterocycles. The molecule has 1 saturated carbocycles. The highest BCUT2D eigenvalue weighted by molar-refractivity contribution is 7.99. The molecule has 4 rings (SSSR count). The first-order valence-electron chi connectivity index (χ1n) is 9.52. The topological polar surface area (TPSA) is 78.3 Å². The molecule has 1 aliphatic carbocycles. The highest BCUT2D eigenvalue weighted by atomic mass is 35.5. The lowest BCUT2D eigenvalue weighted by molar-refractivity contribution is -0.113. The highest BCUT2D eigenvalue weighted by Crippen LogP contribution is 2.39. The summed E-state index contributed by atoms with van der Waals surface area (Å²) in [5, 5.41) is 12.7. The van der Waals surface area contributed by atoms with E-state index in [9.17, 15) is 4.79 Å². The van der Waals surface area contributed by atoms with Crippen LogP contribution in [0.4, 0.5) is 5.69 Å². The SMILES string of the molecule is COc1ccc(NC(=O)CSc2nnc(COc3ccccc3Cl)n2C2CC2)cc1. The normalized spacial score (nSPS) is 13.1. The van der Waals surface area contributed by atoms with Gasteiger partial charge in [-0.15, -0.1) is 10.2 Å². The van der Waals surface area contributed by atoms with Crippen molar-refractivity contribution in [2.24, 2.45) is 0 Å². The summed E-state index contributed by atoms with van der Waals surface area (Å²) in [5.74, 6) is 2.21. The number of nitrogens with one attached hydrogen (secondary N) is 1. The summed E-state index contributed by atoms with van der Waals surface area (Å²) in [5.41, 5.74) is 0.721. The van der Waals surface area contributed by atoms with Crippen LogP contribution in [0.25, 0.3) is 0 Å². The van der Waals surface area contributed by atoms with E-state index in [0.29, 0.717) is 16.8 Å². The minimum absolute atomic E-state index is 0.107. The van der Waals surface area contributed by atoms with E-state index in [1.54, 1.807) is 37.4 Å². The van der Waals surface area contributed by atoms with Crippen molar-refractivity contribution in [1.82, 2.24) is 14.8 Å². The van der Waals surface area contributed by atoms with Crippen LogP contribution < -0.4 is 14.8 Å². The van der Waals surface area contributed by atoms with Gasteiger partial charge in [-0.2, -0.15) is 0 Å². The predicted molar refractivity (Wildman–Crippen MR) is 116 cm³/mol. The first kappa shape index (κ1) is 20.6. The van der Waals surface area contributed by atoms with Crippen molar-refractivity contribution in [3.05, 3.63) is 59.4 Å². The molecule has 0 atom stereocenters. The third-order valence-electron chi connectivity index (χ3n) is 4.55. The number of carbonyl (C=O) groups excluding carboxylic acids is 1. The second-order valence-corrected chi connectivity index (χ2v) is 8.13. The molecule has 7 nitrogen and oxygen atoms in total. The largest absolute Gasteiger partial charge is 0.497 e. The second kappa shape index (κ2) is 9.40. The molecule has 30 heavy (non-hydrogen) atoms. The Morgan fingerprint density at radius 3 is 2.67 bits per heavy atom. The number of nitrogens with zero attached hydrogens (tertiary/aromatic N) is 3.